The molecule has 3 rings (SSSR count). The summed E-state index contributed by atoms with van der Waals surface area (Å²) in [6.07, 6.45) is 3.57. The second-order valence-electron chi connectivity index (χ2n) is 6.76. The van der Waals surface area contributed by atoms with E-state index in [1.165, 1.54) is 0 Å². The third-order valence-corrected chi connectivity index (χ3v) is 4.71. The van der Waals surface area contributed by atoms with Crippen molar-refractivity contribution in [3.05, 3.63) is 77.9 Å². The summed E-state index contributed by atoms with van der Waals surface area (Å²) in [6, 6.07) is 14.7. The number of hydrogen-bond donors (Lipinski definition) is 1. The summed E-state index contributed by atoms with van der Waals surface area (Å²) in [4.78, 5) is 19.0. The van der Waals surface area contributed by atoms with E-state index in [0.717, 1.165) is 28.5 Å². The summed E-state index contributed by atoms with van der Waals surface area (Å²) >= 11 is 0. The maximum Gasteiger partial charge on any atom is 0.318 e. The van der Waals surface area contributed by atoms with Crippen molar-refractivity contribution in [2.45, 2.75) is 12.6 Å². The van der Waals surface area contributed by atoms with Crippen LogP contribution in [0, 0.1) is 0 Å². The number of carbonyl (C=O) groups is 1. The fourth-order valence-electron chi connectivity index (χ4n) is 3.12. The van der Waals surface area contributed by atoms with E-state index >= 15 is 0 Å². The Hall–Kier alpha value is -3.48. The van der Waals surface area contributed by atoms with Gasteiger partial charge in [-0.15, -0.1) is 0 Å². The molecule has 0 spiro atoms. The highest BCUT2D eigenvalue weighted by molar-refractivity contribution is 5.75. The summed E-state index contributed by atoms with van der Waals surface area (Å²) in [6.45, 7) is 0.453. The number of aryl methyl sites for hydroxylation is 1. The zero-order valence-electron chi connectivity index (χ0n) is 17.1. The molecule has 0 aliphatic rings. The molecule has 0 bridgehead atoms. The summed E-state index contributed by atoms with van der Waals surface area (Å²) in [7, 11) is 6.91. The van der Waals surface area contributed by atoms with Gasteiger partial charge in [0.05, 0.1) is 14.2 Å². The maximum absolute atomic E-state index is 13.0. The smallest absolute Gasteiger partial charge is 0.318 e. The van der Waals surface area contributed by atoms with Gasteiger partial charge in [0.15, 0.2) is 0 Å². The predicted octanol–water partition coefficient (Wildman–Crippen LogP) is 3.37. The van der Waals surface area contributed by atoms with Crippen molar-refractivity contribution in [3.63, 3.8) is 0 Å². The largest absolute Gasteiger partial charge is 0.497 e. The Labute approximate surface area is 170 Å². The molecule has 0 aliphatic heterocycles. The van der Waals surface area contributed by atoms with Gasteiger partial charge in [-0.3, -0.25) is 0 Å². The van der Waals surface area contributed by atoms with E-state index < -0.39 is 6.04 Å². The molecule has 0 saturated carbocycles. The van der Waals surface area contributed by atoms with Crippen molar-refractivity contribution in [2.24, 2.45) is 7.05 Å². The average molecular weight is 394 g/mol. The summed E-state index contributed by atoms with van der Waals surface area (Å²) in [5, 5.41) is 3.09. The number of urea groups is 1. The highest BCUT2D eigenvalue weighted by Crippen LogP contribution is 2.24. The third-order valence-electron chi connectivity index (χ3n) is 4.71. The minimum absolute atomic E-state index is 0.205. The Morgan fingerprint density at radius 1 is 1.14 bits per heavy atom. The number of hydrogen-bond acceptors (Lipinski definition) is 4. The van der Waals surface area contributed by atoms with Crippen molar-refractivity contribution >= 4 is 6.03 Å². The van der Waals surface area contributed by atoms with Crippen LogP contribution in [0.15, 0.2) is 60.9 Å². The van der Waals surface area contributed by atoms with Crippen LogP contribution in [0.1, 0.15) is 23.0 Å². The van der Waals surface area contributed by atoms with Gasteiger partial charge in [0, 0.05) is 33.0 Å². The van der Waals surface area contributed by atoms with Crippen molar-refractivity contribution in [1.82, 2.24) is 19.8 Å². The fourth-order valence-corrected chi connectivity index (χ4v) is 3.12. The Kier molecular flexibility index (Phi) is 6.39. The summed E-state index contributed by atoms with van der Waals surface area (Å²) in [5.74, 6) is 2.22. The molecule has 2 amide bonds. The topological polar surface area (TPSA) is 68.6 Å². The molecule has 1 N–H and O–H groups in total. The zero-order valence-corrected chi connectivity index (χ0v) is 17.1. The molecular weight excluding hydrogens is 368 g/mol. The monoisotopic (exact) mass is 394 g/mol. The van der Waals surface area contributed by atoms with Crippen LogP contribution < -0.4 is 14.8 Å². The van der Waals surface area contributed by atoms with E-state index in [9.17, 15) is 4.79 Å². The lowest BCUT2D eigenvalue weighted by molar-refractivity contribution is 0.203. The number of aromatic nitrogens is 2. The predicted molar refractivity (Wildman–Crippen MR) is 111 cm³/mol. The molecule has 0 fully saturated rings. The molecule has 1 unspecified atom stereocenters. The molecular formula is C22H26N4O3. The molecule has 0 saturated heterocycles. The van der Waals surface area contributed by atoms with Gasteiger partial charge in [0.1, 0.15) is 23.4 Å². The number of benzene rings is 2. The van der Waals surface area contributed by atoms with Crippen LogP contribution in [0.2, 0.25) is 0 Å². The first-order chi connectivity index (χ1) is 14.0. The van der Waals surface area contributed by atoms with Crippen LogP contribution >= 0.6 is 0 Å². The normalized spacial score (nSPS) is 11.6. The summed E-state index contributed by atoms with van der Waals surface area (Å²) in [5.41, 5.74) is 1.87. The number of ether oxygens (including phenoxy) is 2. The fraction of sp³-hybridized carbons (Fsp3) is 0.273. The van der Waals surface area contributed by atoms with Crippen molar-refractivity contribution < 1.29 is 14.3 Å². The molecule has 29 heavy (non-hydrogen) atoms. The molecule has 7 heteroatoms. The van der Waals surface area contributed by atoms with E-state index in [0.29, 0.717) is 6.54 Å². The Morgan fingerprint density at radius 3 is 2.48 bits per heavy atom. The molecule has 1 heterocycles. The lowest BCUT2D eigenvalue weighted by Crippen LogP contribution is -2.40. The van der Waals surface area contributed by atoms with E-state index in [2.05, 4.69) is 10.3 Å². The van der Waals surface area contributed by atoms with Gasteiger partial charge in [-0.25, -0.2) is 9.78 Å². The first-order valence-electron chi connectivity index (χ1n) is 9.27. The maximum atomic E-state index is 13.0. The van der Waals surface area contributed by atoms with Crippen LogP contribution in [0.5, 0.6) is 11.5 Å². The van der Waals surface area contributed by atoms with Crippen LogP contribution in [-0.2, 0) is 13.6 Å². The number of nitrogens with zero attached hydrogens (tertiary/aromatic N) is 3. The van der Waals surface area contributed by atoms with Crippen LogP contribution in [-0.4, -0.2) is 41.7 Å². The lowest BCUT2D eigenvalue weighted by atomic mass is 10.1. The highest BCUT2D eigenvalue weighted by atomic mass is 16.5. The number of rotatable bonds is 7. The number of imidazole rings is 1. The molecule has 2 aromatic carbocycles. The van der Waals surface area contributed by atoms with E-state index in [4.69, 9.17) is 9.47 Å². The van der Waals surface area contributed by atoms with Gasteiger partial charge in [-0.05, 0) is 35.4 Å². The minimum Gasteiger partial charge on any atom is -0.497 e. The molecule has 1 atom stereocenters. The van der Waals surface area contributed by atoms with Crippen molar-refractivity contribution in [2.75, 3.05) is 21.3 Å². The van der Waals surface area contributed by atoms with Gasteiger partial charge in [0.2, 0.25) is 0 Å². The SMILES string of the molecule is COc1cccc(CN(C)C(=O)NC(c2cccc(OC)c2)c2nccn2C)c1. The molecule has 0 aliphatic carbocycles. The highest BCUT2D eigenvalue weighted by Gasteiger charge is 2.23. The van der Waals surface area contributed by atoms with Crippen LogP contribution in [0.4, 0.5) is 4.79 Å². The van der Waals surface area contributed by atoms with Crippen LogP contribution in [0.25, 0.3) is 0 Å². The molecule has 7 nitrogen and oxygen atoms in total. The van der Waals surface area contributed by atoms with Gasteiger partial charge in [0.25, 0.3) is 0 Å². The number of nitrogens with one attached hydrogen (secondary N) is 1. The Balaban J connectivity index is 1.81. The van der Waals surface area contributed by atoms with E-state index in [1.54, 1.807) is 32.4 Å². The van der Waals surface area contributed by atoms with E-state index in [-0.39, 0.29) is 6.03 Å². The number of carbonyl (C=O) groups excluding carboxylic acids is 1. The molecule has 3 aromatic rings. The van der Waals surface area contributed by atoms with Crippen molar-refractivity contribution in [3.8, 4) is 11.5 Å². The Morgan fingerprint density at radius 2 is 1.83 bits per heavy atom. The average Bonchev–Trinajstić information content (AvgIpc) is 3.17. The minimum atomic E-state index is -0.412. The first kappa shape index (κ1) is 20.3. The van der Waals surface area contributed by atoms with E-state index in [1.807, 2.05) is 66.3 Å². The van der Waals surface area contributed by atoms with Crippen LogP contribution in [0.3, 0.4) is 0 Å². The second kappa shape index (κ2) is 9.14. The lowest BCUT2D eigenvalue weighted by Gasteiger charge is -2.24. The van der Waals surface area contributed by atoms with Gasteiger partial charge in [-0.2, -0.15) is 0 Å². The molecule has 0 radical (unpaired) electrons. The van der Waals surface area contributed by atoms with Gasteiger partial charge >= 0.3 is 6.03 Å². The standard InChI is InChI=1S/C22H26N4O3/c1-25-12-11-23-21(25)20(17-8-6-10-19(14-17)29-4)24-22(27)26(2)15-16-7-5-9-18(13-16)28-3/h5-14,20H,15H2,1-4H3,(H,24,27). The summed E-state index contributed by atoms with van der Waals surface area (Å²) < 4.78 is 12.5. The first-order valence-corrected chi connectivity index (χ1v) is 9.27. The van der Waals surface area contributed by atoms with Gasteiger partial charge < -0.3 is 24.3 Å². The third kappa shape index (κ3) is 4.87. The van der Waals surface area contributed by atoms with Gasteiger partial charge in [-0.1, -0.05) is 24.3 Å². The number of methoxy groups -OCH3 is 2. The van der Waals surface area contributed by atoms with Crippen molar-refractivity contribution in [1.29, 1.82) is 0 Å². The molecule has 1 aromatic heterocycles. The molecule has 152 valence electrons. The quantitative estimate of drug-likeness (QED) is 0.667. The second-order valence-corrected chi connectivity index (χ2v) is 6.76. The Bertz CT molecular complexity index is 970. The zero-order chi connectivity index (χ0) is 20.8. The number of amides is 2.